The van der Waals surface area contributed by atoms with E-state index in [4.69, 9.17) is 20.6 Å². The van der Waals surface area contributed by atoms with Crippen molar-refractivity contribution in [3.8, 4) is 5.75 Å². The zero-order chi connectivity index (χ0) is 19.4. The van der Waals surface area contributed by atoms with Crippen molar-refractivity contribution in [3.05, 3.63) is 41.9 Å². The van der Waals surface area contributed by atoms with Crippen molar-refractivity contribution in [2.75, 3.05) is 44.0 Å². The summed E-state index contributed by atoms with van der Waals surface area (Å²) in [6.45, 7) is 0.629. The molecule has 0 atom stereocenters. The van der Waals surface area contributed by atoms with E-state index in [0.29, 0.717) is 41.7 Å². The van der Waals surface area contributed by atoms with Crippen molar-refractivity contribution >= 4 is 17.2 Å². The molecule has 9 heteroatoms. The summed E-state index contributed by atoms with van der Waals surface area (Å²) in [6, 6.07) is 6.54. The predicted octanol–water partition coefficient (Wildman–Crippen LogP) is 2.35. The van der Waals surface area contributed by atoms with Crippen LogP contribution in [0.5, 0.6) is 5.75 Å². The zero-order valence-corrected chi connectivity index (χ0v) is 14.9. The van der Waals surface area contributed by atoms with E-state index in [2.05, 4.69) is 9.97 Å². The molecule has 0 aliphatic carbocycles. The van der Waals surface area contributed by atoms with Gasteiger partial charge in [-0.2, -0.15) is 0 Å². The Morgan fingerprint density at radius 2 is 2.11 bits per heavy atom. The summed E-state index contributed by atoms with van der Waals surface area (Å²) in [5, 5.41) is 8.45. The highest BCUT2D eigenvalue weighted by atomic mass is 19.3. The maximum Gasteiger partial charge on any atom is 0.266 e. The molecule has 0 saturated carbocycles. The van der Waals surface area contributed by atoms with Gasteiger partial charge >= 0.3 is 0 Å². The lowest BCUT2D eigenvalue weighted by Crippen LogP contribution is -2.26. The summed E-state index contributed by atoms with van der Waals surface area (Å²) in [5.41, 5.74) is 7.22. The highest BCUT2D eigenvalue weighted by Gasteiger charge is 2.38. The lowest BCUT2D eigenvalue weighted by molar-refractivity contribution is 0.0256. The van der Waals surface area contributed by atoms with Crippen LogP contribution in [0.3, 0.4) is 0 Å². The molecule has 0 unspecified atom stereocenters. The molecule has 3 rings (SSSR count). The van der Waals surface area contributed by atoms with Gasteiger partial charge in [0.1, 0.15) is 24.5 Å². The average molecular weight is 377 g/mol. The number of nitrogen functional groups attached to an aromatic ring is 1. The molecular formula is C18H21F2N5O2. The van der Waals surface area contributed by atoms with E-state index in [1.165, 1.54) is 17.3 Å². The summed E-state index contributed by atoms with van der Waals surface area (Å²) in [5.74, 6) is -1.81. The molecule has 0 spiro atoms. The van der Waals surface area contributed by atoms with E-state index < -0.39 is 5.92 Å². The van der Waals surface area contributed by atoms with E-state index in [9.17, 15) is 8.78 Å². The SMILES string of the molecule is COCCOc1ccc(N)c(C(=N)c2cc(N3CCC(F)(F)C3)ncn2)c1. The van der Waals surface area contributed by atoms with Crippen LogP contribution in [0.2, 0.25) is 0 Å². The van der Waals surface area contributed by atoms with Crippen LogP contribution < -0.4 is 15.4 Å². The molecule has 1 aliphatic rings. The largest absolute Gasteiger partial charge is 0.491 e. The fraction of sp³-hybridized carbons (Fsp3) is 0.389. The number of halogens is 2. The summed E-state index contributed by atoms with van der Waals surface area (Å²) in [6.07, 6.45) is 1.06. The molecule has 27 heavy (non-hydrogen) atoms. The highest BCUT2D eigenvalue weighted by molar-refractivity contribution is 6.13. The second-order valence-electron chi connectivity index (χ2n) is 6.25. The first-order chi connectivity index (χ1) is 12.9. The van der Waals surface area contributed by atoms with Gasteiger partial charge in [-0.15, -0.1) is 0 Å². The zero-order valence-electron chi connectivity index (χ0n) is 14.9. The number of nitrogens with one attached hydrogen (secondary N) is 1. The van der Waals surface area contributed by atoms with Gasteiger partial charge in [-0.05, 0) is 18.2 Å². The Kier molecular flexibility index (Phi) is 5.50. The standard InChI is InChI=1S/C18H21F2N5O2/c1-26-6-7-27-12-2-3-14(21)13(8-12)17(22)15-9-16(24-11-23-15)25-5-4-18(19,20)10-25/h2-3,8-9,11,22H,4-7,10,21H2,1H3. The third kappa shape index (κ3) is 4.48. The van der Waals surface area contributed by atoms with Crippen LogP contribution in [0, 0.1) is 5.41 Å². The van der Waals surface area contributed by atoms with Crippen LogP contribution >= 0.6 is 0 Å². The quantitative estimate of drug-likeness (QED) is 0.437. The van der Waals surface area contributed by atoms with Gasteiger partial charge in [-0.1, -0.05) is 0 Å². The number of benzene rings is 1. The summed E-state index contributed by atoms with van der Waals surface area (Å²) in [4.78, 5) is 9.66. The monoisotopic (exact) mass is 377 g/mol. The molecule has 1 aliphatic heterocycles. The molecule has 3 N–H and O–H groups in total. The Labute approximate surface area is 155 Å². The first-order valence-corrected chi connectivity index (χ1v) is 8.45. The lowest BCUT2D eigenvalue weighted by Gasteiger charge is -2.17. The Morgan fingerprint density at radius 3 is 2.81 bits per heavy atom. The minimum atomic E-state index is -2.73. The van der Waals surface area contributed by atoms with Crippen molar-refractivity contribution in [1.29, 1.82) is 5.41 Å². The number of nitrogens with zero attached hydrogens (tertiary/aromatic N) is 3. The molecule has 7 nitrogen and oxygen atoms in total. The molecule has 1 fully saturated rings. The number of anilines is 2. The summed E-state index contributed by atoms with van der Waals surface area (Å²) in [7, 11) is 1.58. The number of ether oxygens (including phenoxy) is 2. The van der Waals surface area contributed by atoms with Crippen LogP contribution in [-0.4, -0.2) is 55.0 Å². The Morgan fingerprint density at radius 1 is 1.30 bits per heavy atom. The topological polar surface area (TPSA) is 97.4 Å². The van der Waals surface area contributed by atoms with Crippen molar-refractivity contribution < 1.29 is 18.3 Å². The van der Waals surface area contributed by atoms with Crippen molar-refractivity contribution in [1.82, 2.24) is 9.97 Å². The Balaban J connectivity index is 1.81. The Bertz CT molecular complexity index is 831. The summed E-state index contributed by atoms with van der Waals surface area (Å²) < 4.78 is 37.4. The highest BCUT2D eigenvalue weighted by Crippen LogP contribution is 2.30. The van der Waals surface area contributed by atoms with E-state index in [1.807, 2.05) is 0 Å². The van der Waals surface area contributed by atoms with Crippen LogP contribution in [0.25, 0.3) is 0 Å². The molecule has 2 aromatic rings. The van der Waals surface area contributed by atoms with Gasteiger partial charge in [0.2, 0.25) is 0 Å². The number of nitrogens with two attached hydrogens (primary N) is 1. The number of rotatable bonds is 7. The maximum absolute atomic E-state index is 13.5. The van der Waals surface area contributed by atoms with Crippen LogP contribution in [0.4, 0.5) is 20.3 Å². The molecule has 144 valence electrons. The number of aromatic nitrogens is 2. The van der Waals surface area contributed by atoms with E-state index in [0.717, 1.165) is 0 Å². The third-order valence-electron chi connectivity index (χ3n) is 4.25. The minimum Gasteiger partial charge on any atom is -0.491 e. The number of alkyl halides is 2. The Hall–Kier alpha value is -2.81. The van der Waals surface area contributed by atoms with Gasteiger partial charge in [-0.25, -0.2) is 18.7 Å². The first-order valence-electron chi connectivity index (χ1n) is 8.45. The fourth-order valence-corrected chi connectivity index (χ4v) is 2.81. The molecule has 1 aromatic heterocycles. The minimum absolute atomic E-state index is 0.0688. The maximum atomic E-state index is 13.5. The van der Waals surface area contributed by atoms with Crippen LogP contribution in [-0.2, 0) is 4.74 Å². The molecule has 0 amide bonds. The van der Waals surface area contributed by atoms with Crippen LogP contribution in [0.15, 0.2) is 30.6 Å². The predicted molar refractivity (Wildman–Crippen MR) is 98.0 cm³/mol. The van der Waals surface area contributed by atoms with Crippen molar-refractivity contribution in [2.45, 2.75) is 12.3 Å². The van der Waals surface area contributed by atoms with E-state index in [-0.39, 0.29) is 25.2 Å². The van der Waals surface area contributed by atoms with Crippen molar-refractivity contribution in [3.63, 3.8) is 0 Å². The number of hydrogen-bond donors (Lipinski definition) is 2. The van der Waals surface area contributed by atoms with Gasteiger partial charge < -0.3 is 20.1 Å². The number of methoxy groups -OCH3 is 1. The fourth-order valence-electron chi connectivity index (χ4n) is 2.81. The van der Waals surface area contributed by atoms with E-state index in [1.54, 1.807) is 25.3 Å². The first kappa shape index (κ1) is 19.0. The molecular weight excluding hydrogens is 356 g/mol. The van der Waals surface area contributed by atoms with Crippen molar-refractivity contribution in [2.24, 2.45) is 0 Å². The smallest absolute Gasteiger partial charge is 0.266 e. The van der Waals surface area contributed by atoms with Crippen LogP contribution in [0.1, 0.15) is 17.7 Å². The average Bonchev–Trinajstić information content (AvgIpc) is 3.03. The summed E-state index contributed by atoms with van der Waals surface area (Å²) >= 11 is 0. The normalized spacial score (nSPS) is 15.7. The second kappa shape index (κ2) is 7.83. The second-order valence-corrected chi connectivity index (χ2v) is 6.25. The van der Waals surface area contributed by atoms with E-state index >= 15 is 0 Å². The number of hydrogen-bond acceptors (Lipinski definition) is 7. The molecule has 0 bridgehead atoms. The molecule has 0 radical (unpaired) electrons. The van der Waals surface area contributed by atoms with Gasteiger partial charge in [0.25, 0.3) is 5.92 Å². The lowest BCUT2D eigenvalue weighted by atomic mass is 10.0. The molecule has 1 saturated heterocycles. The van der Waals surface area contributed by atoms with Gasteiger partial charge in [0.15, 0.2) is 0 Å². The molecule has 1 aromatic carbocycles. The van der Waals surface area contributed by atoms with Gasteiger partial charge in [-0.3, -0.25) is 5.41 Å². The van der Waals surface area contributed by atoms with Gasteiger partial charge in [0, 0.05) is 37.4 Å². The third-order valence-corrected chi connectivity index (χ3v) is 4.25. The van der Waals surface area contributed by atoms with Gasteiger partial charge in [0.05, 0.1) is 24.6 Å². The molecule has 2 heterocycles.